The first-order chi connectivity index (χ1) is 11.6. The lowest BCUT2D eigenvalue weighted by molar-refractivity contribution is -0.123. The van der Waals surface area contributed by atoms with Gasteiger partial charge < -0.3 is 9.88 Å². The molecule has 0 fully saturated rings. The molecular weight excluding hydrogens is 341 g/mol. The third-order valence-electron chi connectivity index (χ3n) is 3.46. The summed E-state index contributed by atoms with van der Waals surface area (Å²) in [6, 6.07) is 6.44. The van der Waals surface area contributed by atoms with Gasteiger partial charge in [-0.05, 0) is 52.2 Å². The van der Waals surface area contributed by atoms with Gasteiger partial charge in [-0.15, -0.1) is 0 Å². The van der Waals surface area contributed by atoms with Crippen molar-refractivity contribution in [3.63, 3.8) is 0 Å². The van der Waals surface area contributed by atoms with Gasteiger partial charge >= 0.3 is 0 Å². The summed E-state index contributed by atoms with van der Waals surface area (Å²) >= 11 is 5.39. The summed E-state index contributed by atoms with van der Waals surface area (Å²) in [6.45, 7) is 6.34. The average molecular weight is 365 g/mol. The first-order valence-corrected chi connectivity index (χ1v) is 8.37. The second-order valence-corrected chi connectivity index (χ2v) is 7.46. The third kappa shape index (κ3) is 4.96. The Morgan fingerprint density at radius 1 is 1.36 bits per heavy atom. The maximum atomic E-state index is 14.0. The smallest absolute Gasteiger partial charge is 0.234 e. The molecule has 1 aromatic heterocycles. The highest BCUT2D eigenvalue weighted by atomic mass is 32.1. The molecule has 0 unspecified atom stereocenters. The molecule has 0 saturated heterocycles. The van der Waals surface area contributed by atoms with Gasteiger partial charge in [0.25, 0.3) is 0 Å². The largest absolute Gasteiger partial charge is 0.350 e. The quantitative estimate of drug-likeness (QED) is 0.828. The zero-order valence-electron chi connectivity index (χ0n) is 15.2. The van der Waals surface area contributed by atoms with Crippen LogP contribution in [-0.2, 0) is 18.5 Å². The van der Waals surface area contributed by atoms with Crippen LogP contribution in [0, 0.1) is 10.6 Å². The SMILES string of the molecule is CN(CC(=O)NC(C)(C)C)Cn1nc(-c2ccccc2F)n(C)c1=S. The Morgan fingerprint density at radius 2 is 2.00 bits per heavy atom. The zero-order chi connectivity index (χ0) is 18.8. The minimum atomic E-state index is -0.351. The molecule has 0 atom stereocenters. The number of benzene rings is 1. The Bertz CT molecular complexity index is 821. The third-order valence-corrected chi connectivity index (χ3v) is 3.94. The lowest BCUT2D eigenvalue weighted by Crippen LogP contribution is -2.45. The minimum absolute atomic E-state index is 0.0771. The first kappa shape index (κ1) is 19.3. The molecule has 136 valence electrons. The predicted octanol–water partition coefficient (Wildman–Crippen LogP) is 2.56. The van der Waals surface area contributed by atoms with Crippen LogP contribution in [0.1, 0.15) is 20.8 Å². The van der Waals surface area contributed by atoms with Gasteiger partial charge in [-0.3, -0.25) is 9.69 Å². The molecule has 2 rings (SSSR count). The number of rotatable bonds is 5. The molecule has 1 aromatic carbocycles. The summed E-state index contributed by atoms with van der Waals surface area (Å²) in [6.07, 6.45) is 0. The summed E-state index contributed by atoms with van der Waals surface area (Å²) in [5.74, 6) is 0.0260. The number of nitrogens with zero attached hydrogens (tertiary/aromatic N) is 4. The van der Waals surface area contributed by atoms with Crippen LogP contribution in [0.15, 0.2) is 24.3 Å². The van der Waals surface area contributed by atoms with Crippen LogP contribution in [0.3, 0.4) is 0 Å². The number of aromatic nitrogens is 3. The van der Waals surface area contributed by atoms with Crippen molar-refractivity contribution in [3.8, 4) is 11.4 Å². The van der Waals surface area contributed by atoms with Gasteiger partial charge in [0, 0.05) is 12.6 Å². The van der Waals surface area contributed by atoms with E-state index >= 15 is 0 Å². The summed E-state index contributed by atoms with van der Waals surface area (Å²) < 4.78 is 17.7. The highest BCUT2D eigenvalue weighted by molar-refractivity contribution is 7.71. The van der Waals surface area contributed by atoms with Gasteiger partial charge in [0.1, 0.15) is 5.82 Å². The number of carbonyl (C=O) groups is 1. The molecule has 25 heavy (non-hydrogen) atoms. The lowest BCUT2D eigenvalue weighted by atomic mass is 10.1. The van der Waals surface area contributed by atoms with Crippen molar-refractivity contribution in [1.29, 1.82) is 0 Å². The van der Waals surface area contributed by atoms with Gasteiger partial charge in [0.05, 0.1) is 18.8 Å². The van der Waals surface area contributed by atoms with E-state index in [1.807, 2.05) is 27.8 Å². The number of amides is 1. The molecule has 8 heteroatoms. The van der Waals surface area contributed by atoms with Crippen LogP contribution in [0.4, 0.5) is 4.39 Å². The number of likely N-dealkylation sites (N-methyl/N-ethyl adjacent to an activating group) is 1. The average Bonchev–Trinajstić information content (AvgIpc) is 2.74. The molecule has 1 amide bonds. The monoisotopic (exact) mass is 365 g/mol. The van der Waals surface area contributed by atoms with E-state index in [2.05, 4.69) is 10.4 Å². The molecule has 1 N–H and O–H groups in total. The van der Waals surface area contributed by atoms with Crippen molar-refractivity contribution in [2.75, 3.05) is 13.6 Å². The molecule has 2 aromatic rings. The van der Waals surface area contributed by atoms with E-state index in [1.165, 1.54) is 6.07 Å². The standard InChI is InChI=1S/C17H24FN5OS/c1-17(2,3)19-14(24)10-21(4)11-23-16(25)22(5)15(20-23)12-8-6-7-9-13(12)18/h6-9H,10-11H2,1-5H3,(H,19,24). The molecule has 6 nitrogen and oxygen atoms in total. The summed E-state index contributed by atoms with van der Waals surface area (Å²) in [4.78, 5) is 13.8. The molecule has 0 aliphatic heterocycles. The maximum Gasteiger partial charge on any atom is 0.234 e. The predicted molar refractivity (Wildman–Crippen MR) is 98.0 cm³/mol. The first-order valence-electron chi connectivity index (χ1n) is 7.97. The van der Waals surface area contributed by atoms with Crippen molar-refractivity contribution in [2.45, 2.75) is 33.0 Å². The summed E-state index contributed by atoms with van der Waals surface area (Å²) in [5, 5.41) is 7.33. The van der Waals surface area contributed by atoms with Gasteiger partial charge in [-0.2, -0.15) is 5.10 Å². The number of nitrogens with one attached hydrogen (secondary N) is 1. The molecule has 0 spiro atoms. The second-order valence-electron chi connectivity index (χ2n) is 7.10. The summed E-state index contributed by atoms with van der Waals surface area (Å²) in [7, 11) is 3.56. The van der Waals surface area contributed by atoms with Crippen molar-refractivity contribution >= 4 is 18.1 Å². The van der Waals surface area contributed by atoms with E-state index in [4.69, 9.17) is 12.2 Å². The molecule has 0 radical (unpaired) electrons. The van der Waals surface area contributed by atoms with Gasteiger partial charge in [-0.1, -0.05) is 12.1 Å². The van der Waals surface area contributed by atoms with Crippen LogP contribution in [-0.4, -0.2) is 44.3 Å². The van der Waals surface area contributed by atoms with Gasteiger partial charge in [0.15, 0.2) is 10.6 Å². The second kappa shape index (κ2) is 7.45. The van der Waals surface area contributed by atoms with E-state index in [1.54, 1.807) is 39.4 Å². The van der Waals surface area contributed by atoms with Crippen LogP contribution in [0.5, 0.6) is 0 Å². The molecular formula is C17H24FN5OS. The van der Waals surface area contributed by atoms with Crippen LogP contribution in [0.25, 0.3) is 11.4 Å². The zero-order valence-corrected chi connectivity index (χ0v) is 16.0. The fourth-order valence-electron chi connectivity index (χ4n) is 2.44. The Hall–Kier alpha value is -2.06. The van der Waals surface area contributed by atoms with E-state index in [-0.39, 0.29) is 23.8 Å². The van der Waals surface area contributed by atoms with Crippen LogP contribution < -0.4 is 5.32 Å². The van der Waals surface area contributed by atoms with E-state index < -0.39 is 0 Å². The lowest BCUT2D eigenvalue weighted by Gasteiger charge is -2.23. The maximum absolute atomic E-state index is 14.0. The number of halogens is 1. The van der Waals surface area contributed by atoms with Crippen molar-refractivity contribution in [2.24, 2.45) is 7.05 Å². The molecule has 0 aliphatic rings. The minimum Gasteiger partial charge on any atom is -0.350 e. The molecule has 0 bridgehead atoms. The normalized spacial score (nSPS) is 11.8. The van der Waals surface area contributed by atoms with Crippen molar-refractivity contribution in [3.05, 3.63) is 34.9 Å². The molecule has 1 heterocycles. The Kier molecular flexibility index (Phi) is 5.74. The fourth-order valence-corrected chi connectivity index (χ4v) is 2.62. The number of carbonyl (C=O) groups excluding carboxylic acids is 1. The van der Waals surface area contributed by atoms with Crippen molar-refractivity contribution in [1.82, 2.24) is 24.6 Å². The number of hydrogen-bond acceptors (Lipinski definition) is 4. The highest BCUT2D eigenvalue weighted by Gasteiger charge is 2.17. The van der Waals surface area contributed by atoms with E-state index in [0.717, 1.165) is 0 Å². The Labute approximate surface area is 152 Å². The fraction of sp³-hybridized carbons (Fsp3) is 0.471. The van der Waals surface area contributed by atoms with Gasteiger partial charge in [0.2, 0.25) is 5.91 Å². The van der Waals surface area contributed by atoms with Crippen LogP contribution in [0.2, 0.25) is 0 Å². The van der Waals surface area contributed by atoms with Crippen LogP contribution >= 0.6 is 12.2 Å². The Balaban J connectivity index is 2.16. The number of hydrogen-bond donors (Lipinski definition) is 1. The van der Waals surface area contributed by atoms with E-state index in [9.17, 15) is 9.18 Å². The highest BCUT2D eigenvalue weighted by Crippen LogP contribution is 2.20. The molecule has 0 saturated carbocycles. The van der Waals surface area contributed by atoms with Crippen molar-refractivity contribution < 1.29 is 9.18 Å². The van der Waals surface area contributed by atoms with E-state index in [0.29, 0.717) is 22.8 Å². The molecule has 0 aliphatic carbocycles. The topological polar surface area (TPSA) is 55.1 Å². The Morgan fingerprint density at radius 3 is 2.60 bits per heavy atom. The van der Waals surface area contributed by atoms with Gasteiger partial charge in [-0.25, -0.2) is 9.07 Å². The summed E-state index contributed by atoms with van der Waals surface area (Å²) in [5.41, 5.74) is 0.111.